The van der Waals surface area contributed by atoms with Crippen LogP contribution in [0.25, 0.3) is 0 Å². The molecule has 1 saturated carbocycles. The third-order valence-electron chi connectivity index (χ3n) is 6.08. The van der Waals surface area contributed by atoms with Crippen LogP contribution in [0.3, 0.4) is 0 Å². The van der Waals surface area contributed by atoms with E-state index in [-0.39, 0.29) is 34.9 Å². The van der Waals surface area contributed by atoms with E-state index in [0.29, 0.717) is 31.2 Å². The van der Waals surface area contributed by atoms with Crippen LogP contribution in [0.2, 0.25) is 0 Å². The number of carbonyl (C=O) groups excluding carboxylic acids is 3. The van der Waals surface area contributed by atoms with Gasteiger partial charge in [-0.05, 0) is 45.4 Å². The molecule has 2 N–H and O–H groups in total. The minimum atomic E-state index is -0.825. The maximum atomic E-state index is 13.0. The topological polar surface area (TPSA) is 100 Å². The van der Waals surface area contributed by atoms with Crippen LogP contribution in [-0.4, -0.2) is 65.3 Å². The number of rotatable bonds is 6. The number of ketones is 1. The summed E-state index contributed by atoms with van der Waals surface area (Å²) in [5.41, 5.74) is 2.42. The fourth-order valence-corrected chi connectivity index (χ4v) is 5.55. The lowest BCUT2D eigenvalue weighted by atomic mass is 9.85. The van der Waals surface area contributed by atoms with Crippen molar-refractivity contribution in [2.75, 3.05) is 26.8 Å². The molecule has 1 atom stereocenters. The number of hydrazone groups is 1. The van der Waals surface area contributed by atoms with Crippen molar-refractivity contribution in [2.45, 2.75) is 69.6 Å². The van der Waals surface area contributed by atoms with Crippen LogP contribution in [0.1, 0.15) is 58.8 Å². The maximum absolute atomic E-state index is 13.0. The van der Waals surface area contributed by atoms with Gasteiger partial charge in [0.05, 0.1) is 0 Å². The summed E-state index contributed by atoms with van der Waals surface area (Å²) in [7, 11) is 1.91. The van der Waals surface area contributed by atoms with Crippen molar-refractivity contribution in [1.29, 1.82) is 0 Å². The van der Waals surface area contributed by atoms with Gasteiger partial charge in [0.1, 0.15) is 6.04 Å². The third-order valence-corrected chi connectivity index (χ3v) is 7.35. The Balaban J connectivity index is 0.00000341. The number of hydrogen-bond donors (Lipinski definition) is 2. The van der Waals surface area contributed by atoms with Gasteiger partial charge in [-0.15, -0.1) is 17.5 Å². The number of hydrogen-bond acceptors (Lipinski definition) is 6. The summed E-state index contributed by atoms with van der Waals surface area (Å²) in [6, 6.07) is -0.825. The Labute approximate surface area is 195 Å². The van der Waals surface area contributed by atoms with E-state index in [4.69, 9.17) is 4.74 Å². The monoisotopic (exact) mass is 474 g/mol. The first-order chi connectivity index (χ1) is 14.3. The lowest BCUT2D eigenvalue weighted by Gasteiger charge is -2.31. The van der Waals surface area contributed by atoms with E-state index in [9.17, 15) is 14.4 Å². The molecule has 2 saturated heterocycles. The van der Waals surface area contributed by atoms with E-state index >= 15 is 0 Å². The summed E-state index contributed by atoms with van der Waals surface area (Å²) < 4.78 is 5.40. The molecule has 8 nitrogen and oxygen atoms in total. The Morgan fingerprint density at radius 2 is 1.77 bits per heavy atom. The highest BCUT2D eigenvalue weighted by Gasteiger charge is 2.37. The van der Waals surface area contributed by atoms with Gasteiger partial charge in [-0.2, -0.15) is 0 Å². The smallest absolute Gasteiger partial charge is 0.309 e. The van der Waals surface area contributed by atoms with E-state index in [1.807, 2.05) is 11.9 Å². The van der Waals surface area contributed by atoms with Crippen LogP contribution in [0.4, 0.5) is 0 Å². The first-order valence-electron chi connectivity index (χ1n) is 11.0. The van der Waals surface area contributed by atoms with Crippen molar-refractivity contribution >= 4 is 46.9 Å². The molecule has 2 amide bonds. The average Bonchev–Trinajstić information content (AvgIpc) is 3.02. The van der Waals surface area contributed by atoms with Gasteiger partial charge in [0.2, 0.25) is 11.7 Å². The Kier molecular flexibility index (Phi) is 9.64. The summed E-state index contributed by atoms with van der Waals surface area (Å²) >= 11 is 1.56. The van der Waals surface area contributed by atoms with Gasteiger partial charge in [-0.3, -0.25) is 14.4 Å². The minimum Gasteiger partial charge on any atom is -0.381 e. The molecule has 2 aliphatic heterocycles. The van der Waals surface area contributed by atoms with Crippen molar-refractivity contribution in [3.05, 3.63) is 0 Å². The Bertz CT molecular complexity index is 691. The number of carbonyl (C=O) groups is 3. The summed E-state index contributed by atoms with van der Waals surface area (Å²) in [6.45, 7) is 6.09. The van der Waals surface area contributed by atoms with Crippen LogP contribution in [0.5, 0.6) is 0 Å². The fourth-order valence-electron chi connectivity index (χ4n) is 4.48. The molecule has 3 rings (SSSR count). The van der Waals surface area contributed by atoms with Crippen molar-refractivity contribution in [1.82, 2.24) is 15.6 Å². The normalized spacial score (nSPS) is 24.4. The molecule has 10 heteroatoms. The second kappa shape index (κ2) is 11.5. The first kappa shape index (κ1) is 25.9. The van der Waals surface area contributed by atoms with Gasteiger partial charge in [0.15, 0.2) is 5.17 Å². The molecule has 3 aliphatic rings. The quantitative estimate of drug-likeness (QED) is 0.452. The summed E-state index contributed by atoms with van der Waals surface area (Å²) in [5, 5.41) is 7.76. The van der Waals surface area contributed by atoms with Gasteiger partial charge >= 0.3 is 5.91 Å². The second-order valence-corrected chi connectivity index (χ2v) is 10.9. The highest BCUT2D eigenvalue weighted by Crippen LogP contribution is 2.34. The largest absolute Gasteiger partial charge is 0.381 e. The van der Waals surface area contributed by atoms with Gasteiger partial charge in [-0.25, -0.2) is 5.43 Å². The zero-order valence-electron chi connectivity index (χ0n) is 18.6. The molecule has 2 heterocycles. The summed E-state index contributed by atoms with van der Waals surface area (Å²) in [5.74, 6) is -1.67. The molecule has 1 aliphatic carbocycles. The van der Waals surface area contributed by atoms with E-state index in [1.165, 1.54) is 0 Å². The predicted octanol–water partition coefficient (Wildman–Crippen LogP) is 2.31. The van der Waals surface area contributed by atoms with Crippen LogP contribution in [0.15, 0.2) is 5.10 Å². The van der Waals surface area contributed by atoms with Crippen LogP contribution in [0, 0.1) is 11.8 Å². The standard InChI is InChI=1S/C21H34N4O4S.ClH/c1-21(2)13-25(3)20(30-21)24-23-19(28)17(26)16(14-9-11-29-12-10-14)22-18(27)15-7-5-4-6-8-15;/h14-16H,4-13H2,1-3H3,(H,22,27)(H,23,28);1H/b24-20-;. The van der Waals surface area contributed by atoms with E-state index in [1.54, 1.807) is 11.8 Å². The highest BCUT2D eigenvalue weighted by molar-refractivity contribution is 8.15. The molecule has 31 heavy (non-hydrogen) atoms. The third kappa shape index (κ3) is 7.08. The molecule has 176 valence electrons. The van der Waals surface area contributed by atoms with Crippen molar-refractivity contribution < 1.29 is 19.1 Å². The SMILES string of the molecule is CN1CC(C)(C)S/C1=N\NC(=O)C(=O)C(NC(=O)C1CCCCC1)C1CCOCC1.Cl. The average molecular weight is 475 g/mol. The maximum Gasteiger partial charge on any atom is 0.309 e. The zero-order valence-corrected chi connectivity index (χ0v) is 20.3. The summed E-state index contributed by atoms with van der Waals surface area (Å²) in [4.78, 5) is 40.4. The number of halogens is 1. The first-order valence-corrected chi connectivity index (χ1v) is 11.8. The van der Waals surface area contributed by atoms with Gasteiger partial charge in [0.25, 0.3) is 0 Å². The molecular weight excluding hydrogens is 440 g/mol. The molecule has 0 aromatic heterocycles. The summed E-state index contributed by atoms with van der Waals surface area (Å²) in [6.07, 6.45) is 6.21. The highest BCUT2D eigenvalue weighted by atomic mass is 35.5. The van der Waals surface area contributed by atoms with E-state index in [2.05, 4.69) is 29.7 Å². The number of nitrogens with one attached hydrogen (secondary N) is 2. The number of ether oxygens (including phenoxy) is 1. The number of amidine groups is 1. The zero-order chi connectivity index (χ0) is 21.7. The molecule has 0 aromatic rings. The van der Waals surface area contributed by atoms with Gasteiger partial charge in [0, 0.05) is 37.5 Å². The molecule has 0 radical (unpaired) electrons. The molecule has 3 fully saturated rings. The van der Waals surface area contributed by atoms with Crippen LogP contribution >= 0.6 is 24.2 Å². The number of amides is 2. The van der Waals surface area contributed by atoms with E-state index in [0.717, 1.165) is 38.6 Å². The number of thioether (sulfide) groups is 1. The predicted molar refractivity (Wildman–Crippen MR) is 124 cm³/mol. The van der Waals surface area contributed by atoms with Crippen molar-refractivity contribution in [2.24, 2.45) is 16.9 Å². The molecule has 1 unspecified atom stereocenters. The Hall–Kier alpha value is -1.32. The molecule has 0 aromatic carbocycles. The Morgan fingerprint density at radius 1 is 1.13 bits per heavy atom. The van der Waals surface area contributed by atoms with Crippen molar-refractivity contribution in [3.8, 4) is 0 Å². The van der Waals surface area contributed by atoms with Gasteiger partial charge in [-0.1, -0.05) is 31.0 Å². The second-order valence-electron chi connectivity index (χ2n) is 9.19. The lowest BCUT2D eigenvalue weighted by molar-refractivity contribution is -0.142. The molecular formula is C21H35ClN4O4S. The van der Waals surface area contributed by atoms with Gasteiger partial charge < -0.3 is 15.0 Å². The van der Waals surface area contributed by atoms with Crippen LogP contribution in [-0.2, 0) is 19.1 Å². The molecule has 0 bridgehead atoms. The number of Topliss-reactive ketones (excluding diaryl/α,β-unsaturated/α-hetero) is 1. The minimum absolute atomic E-state index is 0. The van der Waals surface area contributed by atoms with Crippen LogP contribution < -0.4 is 10.7 Å². The fraction of sp³-hybridized carbons (Fsp3) is 0.810. The van der Waals surface area contributed by atoms with E-state index < -0.39 is 17.7 Å². The Morgan fingerprint density at radius 3 is 2.35 bits per heavy atom. The lowest BCUT2D eigenvalue weighted by Crippen LogP contribution is -2.53. The number of nitrogens with zero attached hydrogens (tertiary/aromatic N) is 2. The van der Waals surface area contributed by atoms with Crippen molar-refractivity contribution in [3.63, 3.8) is 0 Å². The molecule has 0 spiro atoms.